The Kier molecular flexibility index (Phi) is 7.22. The summed E-state index contributed by atoms with van der Waals surface area (Å²) in [4.78, 5) is 0. The van der Waals surface area contributed by atoms with Gasteiger partial charge in [0.1, 0.15) is 0 Å². The molecule has 0 N–H and O–H groups in total. The van der Waals surface area contributed by atoms with Crippen molar-refractivity contribution in [2.75, 3.05) is 12.4 Å². The number of para-hydroxylation sites is 1. The minimum absolute atomic E-state index is 0.584. The molecule has 0 spiro atoms. The molecule has 26 heavy (non-hydrogen) atoms. The number of nitrogens with zero attached hydrogens (tertiary/aromatic N) is 4. The van der Waals surface area contributed by atoms with Crippen LogP contribution in [0.4, 0.5) is 0 Å². The number of ether oxygens (including phenoxy) is 1. The smallest absolute Gasteiger partial charge is 0.214 e. The van der Waals surface area contributed by atoms with Crippen molar-refractivity contribution in [2.24, 2.45) is 5.92 Å². The highest BCUT2D eigenvalue weighted by Crippen LogP contribution is 2.22. The van der Waals surface area contributed by atoms with E-state index in [2.05, 4.69) is 34.6 Å². The molecule has 1 atom stereocenters. The van der Waals surface area contributed by atoms with Crippen molar-refractivity contribution in [3.05, 3.63) is 66.2 Å². The first kappa shape index (κ1) is 18.6. The number of hydrogen-bond acceptors (Lipinski definition) is 5. The second-order valence-corrected chi connectivity index (χ2v) is 7.29. The minimum atomic E-state index is 0.584. The lowest BCUT2D eigenvalue weighted by molar-refractivity contribution is 0.115. The lowest BCUT2D eigenvalue weighted by atomic mass is 10.1. The molecule has 1 aromatic heterocycles. The number of thioether (sulfide) groups is 1. The van der Waals surface area contributed by atoms with Gasteiger partial charge in [0.2, 0.25) is 5.16 Å². The summed E-state index contributed by atoms with van der Waals surface area (Å²) in [6.45, 7) is 3.75. The molecule has 0 radical (unpaired) electrons. The summed E-state index contributed by atoms with van der Waals surface area (Å²) in [5.41, 5.74) is 2.21. The van der Waals surface area contributed by atoms with E-state index in [1.54, 1.807) is 16.4 Å². The second kappa shape index (κ2) is 10.1. The van der Waals surface area contributed by atoms with Gasteiger partial charge in [-0.1, -0.05) is 67.2 Å². The molecule has 0 unspecified atom stereocenters. The van der Waals surface area contributed by atoms with Gasteiger partial charge in [-0.3, -0.25) is 0 Å². The first-order valence-corrected chi connectivity index (χ1v) is 9.90. The molecule has 3 rings (SSSR count). The fraction of sp³-hybridized carbons (Fsp3) is 0.350. The number of benzene rings is 2. The number of hydrogen-bond donors (Lipinski definition) is 0. The van der Waals surface area contributed by atoms with Crippen LogP contribution in [-0.4, -0.2) is 32.6 Å². The molecule has 3 aromatic rings. The SMILES string of the molecule is C[C@H](CCCOCc1ccccc1)CSc1nnnn1-c1ccccc1. The number of aromatic nitrogens is 4. The van der Waals surface area contributed by atoms with Crippen molar-refractivity contribution in [3.8, 4) is 5.69 Å². The third-order valence-corrected chi connectivity index (χ3v) is 5.28. The highest BCUT2D eigenvalue weighted by atomic mass is 32.2. The Bertz CT molecular complexity index is 764. The first-order chi connectivity index (χ1) is 12.8. The van der Waals surface area contributed by atoms with Gasteiger partial charge in [-0.15, -0.1) is 5.10 Å². The van der Waals surface area contributed by atoms with E-state index in [-0.39, 0.29) is 0 Å². The average molecular weight is 369 g/mol. The Balaban J connectivity index is 1.36. The van der Waals surface area contributed by atoms with Crippen molar-refractivity contribution in [3.63, 3.8) is 0 Å². The Morgan fingerprint density at radius 3 is 2.54 bits per heavy atom. The van der Waals surface area contributed by atoms with Crippen LogP contribution in [0, 0.1) is 5.92 Å². The van der Waals surface area contributed by atoms with Gasteiger partial charge in [0.25, 0.3) is 0 Å². The van der Waals surface area contributed by atoms with Gasteiger partial charge in [0.05, 0.1) is 12.3 Å². The van der Waals surface area contributed by atoms with Crippen LogP contribution in [0.2, 0.25) is 0 Å². The zero-order chi connectivity index (χ0) is 18.0. The van der Waals surface area contributed by atoms with Crippen LogP contribution in [0.3, 0.4) is 0 Å². The van der Waals surface area contributed by atoms with Gasteiger partial charge in [0, 0.05) is 12.4 Å². The molecule has 136 valence electrons. The maximum absolute atomic E-state index is 5.75. The van der Waals surface area contributed by atoms with Gasteiger partial charge < -0.3 is 4.74 Å². The molecule has 0 amide bonds. The van der Waals surface area contributed by atoms with E-state index in [4.69, 9.17) is 4.74 Å². The molecule has 0 saturated carbocycles. The summed E-state index contributed by atoms with van der Waals surface area (Å²) >= 11 is 1.70. The van der Waals surface area contributed by atoms with Crippen LogP contribution in [0.5, 0.6) is 0 Å². The van der Waals surface area contributed by atoms with Gasteiger partial charge in [0.15, 0.2) is 0 Å². The van der Waals surface area contributed by atoms with Crippen molar-refractivity contribution in [2.45, 2.75) is 31.5 Å². The molecule has 0 aliphatic heterocycles. The normalized spacial score (nSPS) is 12.2. The summed E-state index contributed by atoms with van der Waals surface area (Å²) in [5, 5.41) is 12.9. The number of rotatable bonds is 10. The zero-order valence-corrected chi connectivity index (χ0v) is 15.8. The Labute approximate surface area is 158 Å². The van der Waals surface area contributed by atoms with Crippen LogP contribution in [0.1, 0.15) is 25.3 Å². The Morgan fingerprint density at radius 1 is 1.04 bits per heavy atom. The van der Waals surface area contributed by atoms with E-state index >= 15 is 0 Å². The molecule has 0 saturated heterocycles. The van der Waals surface area contributed by atoms with E-state index in [1.165, 1.54) is 5.56 Å². The maximum atomic E-state index is 5.75. The van der Waals surface area contributed by atoms with Gasteiger partial charge in [-0.25, -0.2) is 0 Å². The summed E-state index contributed by atoms with van der Waals surface area (Å²) in [6.07, 6.45) is 2.20. The van der Waals surface area contributed by atoms with Crippen LogP contribution < -0.4 is 0 Å². The fourth-order valence-electron chi connectivity index (χ4n) is 2.60. The van der Waals surface area contributed by atoms with Crippen LogP contribution in [0.15, 0.2) is 65.8 Å². The molecule has 0 aliphatic rings. The van der Waals surface area contributed by atoms with Crippen molar-refractivity contribution >= 4 is 11.8 Å². The maximum Gasteiger partial charge on any atom is 0.214 e. The highest BCUT2D eigenvalue weighted by molar-refractivity contribution is 7.99. The molecule has 0 fully saturated rings. The summed E-state index contributed by atoms with van der Waals surface area (Å²) in [6, 6.07) is 20.3. The molecule has 5 nitrogen and oxygen atoms in total. The molecule has 6 heteroatoms. The minimum Gasteiger partial charge on any atom is -0.377 e. The standard InChI is InChI=1S/C20H24N4OS/c1-17(9-8-14-25-15-18-10-4-2-5-11-18)16-26-20-21-22-23-24(20)19-12-6-3-7-13-19/h2-7,10-13,17H,8-9,14-16H2,1H3/t17-/m1/s1. The third-order valence-electron chi connectivity index (χ3n) is 4.04. The lowest BCUT2D eigenvalue weighted by Crippen LogP contribution is -2.04. The van der Waals surface area contributed by atoms with Gasteiger partial charge >= 0.3 is 0 Å². The molecule has 0 bridgehead atoms. The van der Waals surface area contributed by atoms with Crippen molar-refractivity contribution < 1.29 is 4.74 Å². The first-order valence-electron chi connectivity index (χ1n) is 8.91. The largest absolute Gasteiger partial charge is 0.377 e. The van der Waals surface area contributed by atoms with Gasteiger partial charge in [-0.05, 0) is 46.9 Å². The molecule has 2 aromatic carbocycles. The van der Waals surface area contributed by atoms with Crippen molar-refractivity contribution in [1.29, 1.82) is 0 Å². The van der Waals surface area contributed by atoms with Crippen LogP contribution in [-0.2, 0) is 11.3 Å². The van der Waals surface area contributed by atoms with Crippen LogP contribution in [0.25, 0.3) is 5.69 Å². The van der Waals surface area contributed by atoms with E-state index in [0.29, 0.717) is 12.5 Å². The zero-order valence-electron chi connectivity index (χ0n) is 15.0. The predicted octanol–water partition coefficient (Wildman–Crippen LogP) is 4.39. The van der Waals surface area contributed by atoms with Crippen LogP contribution >= 0.6 is 11.8 Å². The number of tetrazole rings is 1. The monoisotopic (exact) mass is 368 g/mol. The molecular weight excluding hydrogens is 344 g/mol. The molecule has 1 heterocycles. The average Bonchev–Trinajstić information content (AvgIpc) is 3.16. The summed E-state index contributed by atoms with van der Waals surface area (Å²) in [7, 11) is 0. The Morgan fingerprint density at radius 2 is 1.77 bits per heavy atom. The van der Waals surface area contributed by atoms with E-state index in [9.17, 15) is 0 Å². The van der Waals surface area contributed by atoms with Gasteiger partial charge in [-0.2, -0.15) is 4.68 Å². The topological polar surface area (TPSA) is 52.8 Å². The summed E-state index contributed by atoms with van der Waals surface area (Å²) in [5.74, 6) is 1.58. The third kappa shape index (κ3) is 5.68. The van der Waals surface area contributed by atoms with E-state index in [1.807, 2.05) is 48.5 Å². The fourth-order valence-corrected chi connectivity index (χ4v) is 3.56. The summed E-state index contributed by atoms with van der Waals surface area (Å²) < 4.78 is 7.55. The Hall–Kier alpha value is -2.18. The molecule has 0 aliphatic carbocycles. The molecular formula is C20H24N4OS. The highest BCUT2D eigenvalue weighted by Gasteiger charge is 2.11. The van der Waals surface area contributed by atoms with E-state index in [0.717, 1.165) is 36.0 Å². The lowest BCUT2D eigenvalue weighted by Gasteiger charge is -2.11. The van der Waals surface area contributed by atoms with E-state index < -0.39 is 0 Å². The van der Waals surface area contributed by atoms with Crippen molar-refractivity contribution in [1.82, 2.24) is 20.2 Å². The predicted molar refractivity (Wildman–Crippen MR) is 104 cm³/mol. The quantitative estimate of drug-likeness (QED) is 0.392. The second-order valence-electron chi connectivity index (χ2n) is 6.31.